The van der Waals surface area contributed by atoms with E-state index in [1.165, 1.54) is 0 Å². The first kappa shape index (κ1) is 14.5. The van der Waals surface area contributed by atoms with Crippen LogP contribution in [0.1, 0.15) is 30.9 Å². The molecule has 0 aromatic carbocycles. The third-order valence-electron chi connectivity index (χ3n) is 3.25. The lowest BCUT2D eigenvalue weighted by Crippen LogP contribution is -2.23. The molecule has 0 saturated carbocycles. The topological polar surface area (TPSA) is 64.9 Å². The number of rotatable bonds is 7. The summed E-state index contributed by atoms with van der Waals surface area (Å²) in [7, 11) is 3.60. The van der Waals surface area contributed by atoms with Gasteiger partial charge in [-0.25, -0.2) is 4.98 Å². The second-order valence-electron chi connectivity index (χ2n) is 4.60. The Bertz CT molecular complexity index is 523. The molecule has 0 amide bonds. The predicted octanol–water partition coefficient (Wildman–Crippen LogP) is 1.50. The number of ether oxygens (including phenoxy) is 1. The van der Waals surface area contributed by atoms with Crippen LogP contribution in [-0.4, -0.2) is 33.4 Å². The van der Waals surface area contributed by atoms with Crippen LogP contribution in [0.4, 0.5) is 0 Å². The summed E-state index contributed by atoms with van der Waals surface area (Å²) in [5.74, 6) is 1.61. The van der Waals surface area contributed by atoms with E-state index in [9.17, 15) is 0 Å². The highest BCUT2D eigenvalue weighted by Gasteiger charge is 2.14. The molecule has 0 saturated heterocycles. The smallest absolute Gasteiger partial charge is 0.233 e. The lowest BCUT2D eigenvalue weighted by molar-refractivity contribution is 0.388. The number of aromatic nitrogens is 4. The molecule has 2 aromatic rings. The van der Waals surface area contributed by atoms with Gasteiger partial charge in [0.25, 0.3) is 0 Å². The molecule has 0 aliphatic heterocycles. The molecule has 0 radical (unpaired) electrons. The van der Waals surface area contributed by atoms with Crippen LogP contribution < -0.4 is 10.1 Å². The first-order chi connectivity index (χ1) is 9.74. The monoisotopic (exact) mass is 275 g/mol. The molecule has 0 aliphatic carbocycles. The van der Waals surface area contributed by atoms with Crippen LogP contribution in [0.3, 0.4) is 0 Å². The summed E-state index contributed by atoms with van der Waals surface area (Å²) in [5.41, 5.74) is 0.932. The number of imidazole rings is 1. The summed E-state index contributed by atoms with van der Waals surface area (Å²) in [4.78, 5) is 4.35. The molecule has 1 N–H and O–H groups in total. The second-order valence-corrected chi connectivity index (χ2v) is 4.60. The van der Waals surface area contributed by atoms with E-state index in [-0.39, 0.29) is 6.04 Å². The van der Waals surface area contributed by atoms with E-state index in [0.717, 1.165) is 30.9 Å². The largest absolute Gasteiger partial charge is 0.480 e. The fourth-order valence-electron chi connectivity index (χ4n) is 2.14. The second kappa shape index (κ2) is 7.00. The van der Waals surface area contributed by atoms with Crippen molar-refractivity contribution < 1.29 is 4.74 Å². The molecule has 108 valence electrons. The van der Waals surface area contributed by atoms with E-state index in [2.05, 4.69) is 27.4 Å². The Balaban J connectivity index is 2.04. The van der Waals surface area contributed by atoms with Crippen molar-refractivity contribution in [2.45, 2.75) is 25.8 Å². The van der Waals surface area contributed by atoms with Crippen molar-refractivity contribution in [3.05, 3.63) is 36.0 Å². The van der Waals surface area contributed by atoms with Crippen molar-refractivity contribution in [1.29, 1.82) is 0 Å². The van der Waals surface area contributed by atoms with Gasteiger partial charge >= 0.3 is 0 Å². The van der Waals surface area contributed by atoms with E-state index in [0.29, 0.717) is 5.88 Å². The molecule has 20 heavy (non-hydrogen) atoms. The highest BCUT2D eigenvalue weighted by Crippen LogP contribution is 2.17. The van der Waals surface area contributed by atoms with Crippen molar-refractivity contribution in [3.8, 4) is 5.88 Å². The fourth-order valence-corrected chi connectivity index (χ4v) is 2.14. The molecule has 6 nitrogen and oxygen atoms in total. The number of hydrogen-bond donors (Lipinski definition) is 1. The number of aryl methyl sites for hydroxylation is 2. The summed E-state index contributed by atoms with van der Waals surface area (Å²) < 4.78 is 7.08. The van der Waals surface area contributed by atoms with Crippen molar-refractivity contribution in [3.63, 3.8) is 0 Å². The summed E-state index contributed by atoms with van der Waals surface area (Å²) >= 11 is 0. The van der Waals surface area contributed by atoms with Crippen molar-refractivity contribution in [2.75, 3.05) is 13.7 Å². The highest BCUT2D eigenvalue weighted by molar-refractivity contribution is 5.14. The molecule has 0 spiro atoms. The van der Waals surface area contributed by atoms with Gasteiger partial charge in [0.1, 0.15) is 5.82 Å². The molecule has 1 unspecified atom stereocenters. The van der Waals surface area contributed by atoms with Crippen molar-refractivity contribution in [2.24, 2.45) is 7.05 Å². The summed E-state index contributed by atoms with van der Waals surface area (Å²) in [5, 5.41) is 11.7. The van der Waals surface area contributed by atoms with E-state index in [1.54, 1.807) is 7.11 Å². The maximum Gasteiger partial charge on any atom is 0.233 e. The molecule has 0 aliphatic rings. The zero-order valence-corrected chi connectivity index (χ0v) is 12.2. The molecule has 2 heterocycles. The van der Waals surface area contributed by atoms with Gasteiger partial charge in [0.15, 0.2) is 0 Å². The SMILES string of the molecule is CCNC(CCc1nccn1C)c1ccc(OC)nn1. The van der Waals surface area contributed by atoms with E-state index < -0.39 is 0 Å². The molecule has 0 fully saturated rings. The molecule has 2 aromatic heterocycles. The Hall–Kier alpha value is -1.95. The van der Waals surface area contributed by atoms with E-state index >= 15 is 0 Å². The molecular formula is C14H21N5O. The Morgan fingerprint density at radius 3 is 2.75 bits per heavy atom. The first-order valence-corrected chi connectivity index (χ1v) is 6.81. The molecule has 2 rings (SSSR count). The van der Waals surface area contributed by atoms with Crippen molar-refractivity contribution >= 4 is 0 Å². The lowest BCUT2D eigenvalue weighted by Gasteiger charge is -2.16. The average Bonchev–Trinajstić information content (AvgIpc) is 2.89. The Morgan fingerprint density at radius 1 is 1.35 bits per heavy atom. The first-order valence-electron chi connectivity index (χ1n) is 6.81. The zero-order valence-electron chi connectivity index (χ0n) is 12.2. The van der Waals surface area contributed by atoms with E-state index in [1.807, 2.05) is 36.1 Å². The van der Waals surface area contributed by atoms with Crippen LogP contribution in [0.25, 0.3) is 0 Å². The Kier molecular flexibility index (Phi) is 5.06. The van der Waals surface area contributed by atoms with Gasteiger partial charge < -0.3 is 14.6 Å². The average molecular weight is 275 g/mol. The lowest BCUT2D eigenvalue weighted by atomic mass is 10.1. The number of hydrogen-bond acceptors (Lipinski definition) is 5. The molecule has 6 heteroatoms. The van der Waals surface area contributed by atoms with Gasteiger partial charge in [0.2, 0.25) is 5.88 Å². The number of methoxy groups -OCH3 is 1. The van der Waals surface area contributed by atoms with Crippen LogP contribution in [0.2, 0.25) is 0 Å². The van der Waals surface area contributed by atoms with Gasteiger partial charge in [0, 0.05) is 31.9 Å². The molecular weight excluding hydrogens is 254 g/mol. The third-order valence-corrected chi connectivity index (χ3v) is 3.25. The predicted molar refractivity (Wildman–Crippen MR) is 76.5 cm³/mol. The normalized spacial score (nSPS) is 12.3. The third kappa shape index (κ3) is 3.54. The number of nitrogens with zero attached hydrogens (tertiary/aromatic N) is 4. The van der Waals surface area contributed by atoms with Gasteiger partial charge in [-0.1, -0.05) is 6.92 Å². The van der Waals surface area contributed by atoms with Gasteiger partial charge in [-0.2, -0.15) is 5.10 Å². The molecule has 1 atom stereocenters. The van der Waals surface area contributed by atoms with Crippen LogP contribution >= 0.6 is 0 Å². The summed E-state index contributed by atoms with van der Waals surface area (Å²) in [6.45, 7) is 2.98. The van der Waals surface area contributed by atoms with Crippen LogP contribution in [-0.2, 0) is 13.5 Å². The maximum atomic E-state index is 5.04. The van der Waals surface area contributed by atoms with Crippen LogP contribution in [0.15, 0.2) is 24.5 Å². The minimum Gasteiger partial charge on any atom is -0.480 e. The minimum atomic E-state index is 0.176. The van der Waals surface area contributed by atoms with Crippen LogP contribution in [0.5, 0.6) is 5.88 Å². The van der Waals surface area contributed by atoms with Gasteiger partial charge in [-0.15, -0.1) is 5.10 Å². The van der Waals surface area contributed by atoms with E-state index in [4.69, 9.17) is 4.74 Å². The molecule has 0 bridgehead atoms. The van der Waals surface area contributed by atoms with Gasteiger partial charge in [-0.3, -0.25) is 0 Å². The minimum absolute atomic E-state index is 0.176. The van der Waals surface area contributed by atoms with Crippen LogP contribution in [0, 0.1) is 0 Å². The quantitative estimate of drug-likeness (QED) is 0.829. The highest BCUT2D eigenvalue weighted by atomic mass is 16.5. The standard InChI is InChI=1S/C14H21N5O/c1-4-15-11(5-7-13-16-9-10-19(13)2)12-6-8-14(20-3)18-17-12/h6,8-11,15H,4-5,7H2,1-3H3. The number of nitrogens with one attached hydrogen (secondary N) is 1. The van der Waals surface area contributed by atoms with Gasteiger partial charge in [-0.05, 0) is 19.0 Å². The van der Waals surface area contributed by atoms with Crippen molar-refractivity contribution in [1.82, 2.24) is 25.1 Å². The zero-order chi connectivity index (χ0) is 14.4. The Labute approximate surface area is 119 Å². The fraction of sp³-hybridized carbons (Fsp3) is 0.500. The Morgan fingerprint density at radius 2 is 2.20 bits per heavy atom. The van der Waals surface area contributed by atoms with Gasteiger partial charge in [0.05, 0.1) is 18.8 Å². The summed E-state index contributed by atoms with van der Waals surface area (Å²) in [6, 6.07) is 3.97. The maximum absolute atomic E-state index is 5.04. The summed E-state index contributed by atoms with van der Waals surface area (Å²) in [6.07, 6.45) is 5.62.